The van der Waals surface area contributed by atoms with Crippen molar-refractivity contribution >= 4 is 34.5 Å². The number of nitrogens with one attached hydrogen (secondary N) is 1. The highest BCUT2D eigenvalue weighted by Gasteiger charge is 2.28. The molecule has 0 saturated carbocycles. The molecule has 0 fully saturated rings. The molecule has 1 unspecified atom stereocenters. The van der Waals surface area contributed by atoms with Gasteiger partial charge in [-0.1, -0.05) is 17.7 Å². The van der Waals surface area contributed by atoms with Crippen molar-refractivity contribution < 1.29 is 4.79 Å². The van der Waals surface area contributed by atoms with Crippen LogP contribution in [0.5, 0.6) is 0 Å². The number of rotatable bonds is 3. The molecule has 2 aromatic heterocycles. The van der Waals surface area contributed by atoms with Gasteiger partial charge in [-0.3, -0.25) is 9.78 Å². The van der Waals surface area contributed by atoms with E-state index in [4.69, 9.17) is 16.6 Å². The molecule has 2 heterocycles. The largest absolute Gasteiger partial charge is 0.326 e. The molecule has 126 valence electrons. The van der Waals surface area contributed by atoms with E-state index in [2.05, 4.69) is 10.3 Å². The smallest absolute Gasteiger partial charge is 0.227 e. The van der Waals surface area contributed by atoms with E-state index >= 15 is 0 Å². The molecule has 25 heavy (non-hydrogen) atoms. The summed E-state index contributed by atoms with van der Waals surface area (Å²) in [5.74, 6) is 0.0287. The number of carbonyl (C=O) groups is 1. The van der Waals surface area contributed by atoms with Crippen molar-refractivity contribution in [2.24, 2.45) is 5.92 Å². The first kappa shape index (κ1) is 16.2. The van der Waals surface area contributed by atoms with E-state index in [1.165, 1.54) is 4.88 Å². The van der Waals surface area contributed by atoms with Gasteiger partial charge in [-0.05, 0) is 55.7 Å². The number of aromatic nitrogens is 2. The average Bonchev–Trinajstić information content (AvgIpc) is 3.07. The molecule has 1 atom stereocenters. The van der Waals surface area contributed by atoms with Crippen LogP contribution in [0.25, 0.3) is 10.7 Å². The fraction of sp³-hybridized carbons (Fsp3) is 0.211. The van der Waals surface area contributed by atoms with Crippen molar-refractivity contribution in [1.82, 2.24) is 9.97 Å². The third kappa shape index (κ3) is 3.57. The number of pyridine rings is 1. The SMILES string of the molecule is O=C(Nc1ccc(Cl)cc1)C1CCc2nc(-c3ccccn3)sc2C1. The summed E-state index contributed by atoms with van der Waals surface area (Å²) >= 11 is 7.53. The van der Waals surface area contributed by atoms with Gasteiger partial charge in [-0.15, -0.1) is 11.3 Å². The lowest BCUT2D eigenvalue weighted by molar-refractivity contribution is -0.120. The van der Waals surface area contributed by atoms with Crippen molar-refractivity contribution in [3.63, 3.8) is 0 Å². The number of amides is 1. The molecule has 1 aliphatic rings. The van der Waals surface area contributed by atoms with Gasteiger partial charge in [-0.2, -0.15) is 0 Å². The number of carbonyl (C=O) groups excluding carboxylic acids is 1. The minimum absolute atomic E-state index is 0.0276. The molecule has 6 heteroatoms. The molecule has 0 aliphatic heterocycles. The van der Waals surface area contributed by atoms with Crippen molar-refractivity contribution in [2.75, 3.05) is 5.32 Å². The molecular formula is C19H16ClN3OS. The quantitative estimate of drug-likeness (QED) is 0.733. The monoisotopic (exact) mass is 369 g/mol. The maximum Gasteiger partial charge on any atom is 0.227 e. The number of nitrogens with zero attached hydrogens (tertiary/aromatic N) is 2. The van der Waals surface area contributed by atoms with Gasteiger partial charge in [0.2, 0.25) is 5.91 Å². The highest BCUT2D eigenvalue weighted by Crippen LogP contribution is 2.34. The Morgan fingerprint density at radius 1 is 1.20 bits per heavy atom. The zero-order valence-electron chi connectivity index (χ0n) is 13.4. The minimum atomic E-state index is -0.0276. The summed E-state index contributed by atoms with van der Waals surface area (Å²) in [5, 5.41) is 4.58. The van der Waals surface area contributed by atoms with E-state index in [0.717, 1.165) is 41.3 Å². The molecule has 4 nitrogen and oxygen atoms in total. The predicted octanol–water partition coefficient (Wildman–Crippen LogP) is 4.60. The predicted molar refractivity (Wildman–Crippen MR) is 101 cm³/mol. The Morgan fingerprint density at radius 2 is 2.04 bits per heavy atom. The maximum absolute atomic E-state index is 12.6. The van der Waals surface area contributed by atoms with Crippen molar-refractivity contribution in [3.05, 3.63) is 64.3 Å². The molecule has 1 aromatic carbocycles. The van der Waals surface area contributed by atoms with Crippen molar-refractivity contribution in [3.8, 4) is 10.7 Å². The van der Waals surface area contributed by atoms with Gasteiger partial charge in [-0.25, -0.2) is 4.98 Å². The summed E-state index contributed by atoms with van der Waals surface area (Å²) in [6.45, 7) is 0. The number of thiazole rings is 1. The van der Waals surface area contributed by atoms with E-state index in [1.54, 1.807) is 29.7 Å². The normalized spacial score (nSPS) is 16.3. The fourth-order valence-electron chi connectivity index (χ4n) is 2.98. The standard InChI is InChI=1S/C19H16ClN3OS/c20-13-5-7-14(8-6-13)22-18(24)12-4-9-15-17(11-12)25-19(23-15)16-3-1-2-10-21-16/h1-3,5-8,10,12H,4,9,11H2,(H,22,24). The third-order valence-electron chi connectivity index (χ3n) is 4.31. The van der Waals surface area contributed by atoms with E-state index in [9.17, 15) is 4.79 Å². The van der Waals surface area contributed by atoms with Crippen LogP contribution >= 0.6 is 22.9 Å². The van der Waals surface area contributed by atoms with Gasteiger partial charge in [0.05, 0.1) is 11.4 Å². The summed E-state index contributed by atoms with van der Waals surface area (Å²) in [6, 6.07) is 13.0. The van der Waals surface area contributed by atoms with Crippen LogP contribution in [0.15, 0.2) is 48.7 Å². The Balaban J connectivity index is 1.48. The Morgan fingerprint density at radius 3 is 2.80 bits per heavy atom. The highest BCUT2D eigenvalue weighted by atomic mass is 35.5. The van der Waals surface area contributed by atoms with Crippen LogP contribution in [0.1, 0.15) is 17.0 Å². The van der Waals surface area contributed by atoms with Gasteiger partial charge < -0.3 is 5.32 Å². The number of benzene rings is 1. The first-order valence-electron chi connectivity index (χ1n) is 8.15. The minimum Gasteiger partial charge on any atom is -0.326 e. The second kappa shape index (κ2) is 6.94. The molecule has 1 amide bonds. The Hall–Kier alpha value is -2.24. The van der Waals surface area contributed by atoms with Crippen LogP contribution < -0.4 is 5.32 Å². The Labute approximate surface area is 154 Å². The lowest BCUT2D eigenvalue weighted by Gasteiger charge is -2.20. The number of hydrogen-bond donors (Lipinski definition) is 1. The molecule has 4 rings (SSSR count). The first-order chi connectivity index (χ1) is 12.2. The van der Waals surface area contributed by atoms with E-state index in [1.807, 2.05) is 30.3 Å². The molecule has 3 aromatic rings. The van der Waals surface area contributed by atoms with Gasteiger partial charge in [0.25, 0.3) is 0 Å². The summed E-state index contributed by atoms with van der Waals surface area (Å²) in [6.07, 6.45) is 4.16. The van der Waals surface area contributed by atoms with Gasteiger partial charge >= 0.3 is 0 Å². The summed E-state index contributed by atoms with van der Waals surface area (Å²) in [4.78, 5) is 22.8. The van der Waals surface area contributed by atoms with Crippen LogP contribution in [0, 0.1) is 5.92 Å². The summed E-state index contributed by atoms with van der Waals surface area (Å²) in [7, 11) is 0. The third-order valence-corrected chi connectivity index (χ3v) is 5.70. The second-order valence-corrected chi connectivity index (χ2v) is 7.56. The van der Waals surface area contributed by atoms with Gasteiger partial charge in [0.1, 0.15) is 5.01 Å². The van der Waals surface area contributed by atoms with Crippen molar-refractivity contribution in [1.29, 1.82) is 0 Å². The second-order valence-electron chi connectivity index (χ2n) is 6.04. The highest BCUT2D eigenvalue weighted by molar-refractivity contribution is 7.15. The first-order valence-corrected chi connectivity index (χ1v) is 9.35. The molecule has 0 saturated heterocycles. The van der Waals surface area contributed by atoms with E-state index in [-0.39, 0.29) is 11.8 Å². The van der Waals surface area contributed by atoms with Crippen LogP contribution in [0.3, 0.4) is 0 Å². The number of fused-ring (bicyclic) bond motifs is 1. The lowest BCUT2D eigenvalue weighted by Crippen LogP contribution is -2.27. The molecular weight excluding hydrogens is 354 g/mol. The van der Waals surface area contributed by atoms with Gasteiger partial charge in [0, 0.05) is 27.7 Å². The van der Waals surface area contributed by atoms with Gasteiger partial charge in [0.15, 0.2) is 0 Å². The number of anilines is 1. The molecule has 1 N–H and O–H groups in total. The topological polar surface area (TPSA) is 54.9 Å². The lowest BCUT2D eigenvalue weighted by atomic mass is 9.90. The number of aryl methyl sites for hydroxylation is 1. The molecule has 1 aliphatic carbocycles. The zero-order valence-corrected chi connectivity index (χ0v) is 15.0. The molecule has 0 radical (unpaired) electrons. The number of hydrogen-bond acceptors (Lipinski definition) is 4. The van der Waals surface area contributed by atoms with Crippen molar-refractivity contribution in [2.45, 2.75) is 19.3 Å². The maximum atomic E-state index is 12.6. The molecule has 0 bridgehead atoms. The Bertz CT molecular complexity index is 893. The average molecular weight is 370 g/mol. The number of halogens is 1. The van der Waals surface area contributed by atoms with Crippen LogP contribution in [-0.4, -0.2) is 15.9 Å². The summed E-state index contributed by atoms with van der Waals surface area (Å²) in [5.41, 5.74) is 2.78. The van der Waals surface area contributed by atoms with E-state index in [0.29, 0.717) is 5.02 Å². The van der Waals surface area contributed by atoms with E-state index < -0.39 is 0 Å². The van der Waals surface area contributed by atoms with Crippen LogP contribution in [0.4, 0.5) is 5.69 Å². The summed E-state index contributed by atoms with van der Waals surface area (Å²) < 4.78 is 0. The fourth-order valence-corrected chi connectivity index (χ4v) is 4.27. The van der Waals surface area contributed by atoms with Crippen LogP contribution in [0.2, 0.25) is 5.02 Å². The zero-order chi connectivity index (χ0) is 17.2. The van der Waals surface area contributed by atoms with Crippen LogP contribution in [-0.2, 0) is 17.6 Å². The Kier molecular flexibility index (Phi) is 4.51. The molecule has 0 spiro atoms.